The van der Waals surface area contributed by atoms with Gasteiger partial charge in [-0.15, -0.1) is 0 Å². The smallest absolute Gasteiger partial charge is 0.0783 e. The van der Waals surface area contributed by atoms with E-state index in [1.54, 1.807) is 0 Å². The predicted octanol–water partition coefficient (Wildman–Crippen LogP) is 2.08. The molecule has 0 aromatic heterocycles. The van der Waals surface area contributed by atoms with Crippen LogP contribution in [0.1, 0.15) is 44.9 Å². The van der Waals surface area contributed by atoms with E-state index in [-0.39, 0.29) is 5.60 Å². The maximum absolute atomic E-state index is 6.12. The quantitative estimate of drug-likeness (QED) is 0.601. The van der Waals surface area contributed by atoms with Crippen LogP contribution in [-0.2, 0) is 9.47 Å². The number of ether oxygens (including phenoxy) is 2. The minimum atomic E-state index is 0.159. The fourth-order valence-electron chi connectivity index (χ4n) is 3.96. The van der Waals surface area contributed by atoms with Gasteiger partial charge in [-0.05, 0) is 56.6 Å². The summed E-state index contributed by atoms with van der Waals surface area (Å²) < 4.78 is 11.8. The molecule has 4 atom stereocenters. The Bertz CT molecular complexity index is 304. The predicted molar refractivity (Wildman–Crippen MR) is 82.7 cm³/mol. The molecular weight excluding hydrogens is 272 g/mol. The lowest BCUT2D eigenvalue weighted by Gasteiger charge is -2.41. The average molecular weight is 300 g/mol. The van der Waals surface area contributed by atoms with E-state index in [1.165, 1.54) is 37.2 Å². The summed E-state index contributed by atoms with van der Waals surface area (Å²) >= 11 is 2.04. The molecule has 0 aromatic rings. The van der Waals surface area contributed by atoms with Crippen LogP contribution >= 0.6 is 11.8 Å². The third-order valence-electron chi connectivity index (χ3n) is 5.20. The first-order chi connectivity index (χ1) is 9.81. The van der Waals surface area contributed by atoms with Crippen molar-refractivity contribution in [3.05, 3.63) is 0 Å². The Morgan fingerprint density at radius 2 is 2.30 bits per heavy atom. The molecule has 5 heteroatoms. The molecule has 4 nitrogen and oxygen atoms in total. The molecule has 3 saturated heterocycles. The van der Waals surface area contributed by atoms with Crippen molar-refractivity contribution in [2.24, 2.45) is 11.8 Å². The number of nitrogens with one attached hydrogen (secondary N) is 1. The topological polar surface area (TPSA) is 56.5 Å². The van der Waals surface area contributed by atoms with E-state index in [2.05, 4.69) is 5.43 Å². The first-order valence-electron chi connectivity index (χ1n) is 8.11. The van der Waals surface area contributed by atoms with Crippen LogP contribution in [0, 0.1) is 5.92 Å². The van der Waals surface area contributed by atoms with E-state index in [4.69, 9.17) is 15.3 Å². The second-order valence-electron chi connectivity index (χ2n) is 6.57. The zero-order valence-corrected chi connectivity index (χ0v) is 13.1. The lowest BCUT2D eigenvalue weighted by molar-refractivity contribution is -0.0860. The lowest BCUT2D eigenvalue weighted by Crippen LogP contribution is -2.49. The van der Waals surface area contributed by atoms with E-state index < -0.39 is 0 Å². The molecule has 3 N–H and O–H groups in total. The number of nitrogens with two attached hydrogens (primary N) is 1. The Morgan fingerprint density at radius 1 is 1.35 bits per heavy atom. The molecule has 0 aromatic carbocycles. The molecule has 0 bridgehead atoms. The molecule has 0 amide bonds. The molecule has 3 aliphatic heterocycles. The third-order valence-corrected chi connectivity index (χ3v) is 6.43. The zero-order valence-electron chi connectivity index (χ0n) is 12.3. The first kappa shape index (κ1) is 15.1. The Morgan fingerprint density at radius 3 is 3.00 bits per heavy atom. The normalized spacial score (nSPS) is 39.5. The zero-order chi connectivity index (χ0) is 13.8. The lowest BCUT2D eigenvalue weighted by atomic mass is 9.80. The van der Waals surface area contributed by atoms with Crippen LogP contribution in [0.15, 0.2) is 0 Å². The van der Waals surface area contributed by atoms with Crippen molar-refractivity contribution in [2.75, 3.05) is 24.7 Å². The van der Waals surface area contributed by atoms with Crippen LogP contribution < -0.4 is 11.3 Å². The Balaban J connectivity index is 1.51. The van der Waals surface area contributed by atoms with Crippen molar-refractivity contribution in [3.63, 3.8) is 0 Å². The Labute approximate surface area is 126 Å². The maximum atomic E-state index is 6.12. The van der Waals surface area contributed by atoms with Gasteiger partial charge in [-0.1, -0.05) is 0 Å². The molecular formula is C15H28N2O2S. The van der Waals surface area contributed by atoms with Gasteiger partial charge in [0.05, 0.1) is 11.7 Å². The fraction of sp³-hybridized carbons (Fsp3) is 1.00. The van der Waals surface area contributed by atoms with Gasteiger partial charge in [0.1, 0.15) is 0 Å². The van der Waals surface area contributed by atoms with Crippen molar-refractivity contribution < 1.29 is 9.47 Å². The highest BCUT2D eigenvalue weighted by Gasteiger charge is 2.42. The van der Waals surface area contributed by atoms with Gasteiger partial charge < -0.3 is 9.47 Å². The van der Waals surface area contributed by atoms with Crippen LogP contribution in [0.5, 0.6) is 0 Å². The van der Waals surface area contributed by atoms with Gasteiger partial charge in [0, 0.05) is 25.0 Å². The van der Waals surface area contributed by atoms with Gasteiger partial charge in [-0.25, -0.2) is 0 Å². The number of hydrogen-bond acceptors (Lipinski definition) is 5. The van der Waals surface area contributed by atoms with E-state index >= 15 is 0 Å². The molecule has 4 unspecified atom stereocenters. The largest absolute Gasteiger partial charge is 0.378 e. The second kappa shape index (κ2) is 6.97. The van der Waals surface area contributed by atoms with E-state index in [1.807, 2.05) is 11.8 Å². The number of hydrogen-bond donors (Lipinski definition) is 2. The number of hydrazine groups is 1. The standard InChI is InChI=1S/C15H28N2O2S/c16-17-14(4-3-13-2-1-7-18-13)12-5-8-19-15(10-12)6-9-20-11-15/h12-14,17H,1-11,16H2. The molecule has 1 spiro atoms. The van der Waals surface area contributed by atoms with E-state index in [0.717, 1.165) is 32.5 Å². The summed E-state index contributed by atoms with van der Waals surface area (Å²) in [4.78, 5) is 0. The Kier molecular flexibility index (Phi) is 5.26. The summed E-state index contributed by atoms with van der Waals surface area (Å²) in [6.07, 6.45) is 8.75. The van der Waals surface area contributed by atoms with Crippen molar-refractivity contribution in [2.45, 2.75) is 62.7 Å². The number of thioether (sulfide) groups is 1. The van der Waals surface area contributed by atoms with Crippen LogP contribution in [0.3, 0.4) is 0 Å². The summed E-state index contributed by atoms with van der Waals surface area (Å²) in [7, 11) is 0. The highest BCUT2D eigenvalue weighted by atomic mass is 32.2. The molecule has 0 radical (unpaired) electrons. The third kappa shape index (κ3) is 3.50. The SMILES string of the molecule is NNC(CCC1CCCO1)C1CCOC2(CCSC2)C1. The van der Waals surface area contributed by atoms with Gasteiger partial charge in [0.15, 0.2) is 0 Å². The van der Waals surface area contributed by atoms with Crippen molar-refractivity contribution in [1.82, 2.24) is 5.43 Å². The Hall–Kier alpha value is 0.190. The van der Waals surface area contributed by atoms with Crippen molar-refractivity contribution in [3.8, 4) is 0 Å². The molecule has 116 valence electrons. The van der Waals surface area contributed by atoms with Gasteiger partial charge in [0.2, 0.25) is 0 Å². The minimum Gasteiger partial charge on any atom is -0.378 e. The molecule has 0 aliphatic carbocycles. The summed E-state index contributed by atoms with van der Waals surface area (Å²) in [5, 5.41) is 0. The highest BCUT2D eigenvalue weighted by molar-refractivity contribution is 7.99. The molecule has 3 heterocycles. The van der Waals surface area contributed by atoms with Crippen LogP contribution in [-0.4, -0.2) is 42.5 Å². The van der Waals surface area contributed by atoms with Crippen LogP contribution in [0.25, 0.3) is 0 Å². The second-order valence-corrected chi connectivity index (χ2v) is 7.68. The van der Waals surface area contributed by atoms with Gasteiger partial charge >= 0.3 is 0 Å². The maximum Gasteiger partial charge on any atom is 0.0783 e. The number of rotatable bonds is 5. The van der Waals surface area contributed by atoms with Crippen molar-refractivity contribution in [1.29, 1.82) is 0 Å². The van der Waals surface area contributed by atoms with Crippen LogP contribution in [0.4, 0.5) is 0 Å². The average Bonchev–Trinajstić information content (AvgIpc) is 3.12. The highest BCUT2D eigenvalue weighted by Crippen LogP contribution is 2.41. The van der Waals surface area contributed by atoms with Crippen LogP contribution in [0.2, 0.25) is 0 Å². The van der Waals surface area contributed by atoms with E-state index in [0.29, 0.717) is 18.1 Å². The monoisotopic (exact) mass is 300 g/mol. The fourth-order valence-corrected chi connectivity index (χ4v) is 5.34. The molecule has 3 rings (SSSR count). The van der Waals surface area contributed by atoms with E-state index in [9.17, 15) is 0 Å². The summed E-state index contributed by atoms with van der Waals surface area (Å²) in [5.41, 5.74) is 3.24. The molecule has 3 aliphatic rings. The van der Waals surface area contributed by atoms with Gasteiger partial charge in [0.25, 0.3) is 0 Å². The van der Waals surface area contributed by atoms with Crippen molar-refractivity contribution >= 4 is 11.8 Å². The molecule has 20 heavy (non-hydrogen) atoms. The molecule has 3 fully saturated rings. The van der Waals surface area contributed by atoms with Gasteiger partial charge in [-0.3, -0.25) is 11.3 Å². The minimum absolute atomic E-state index is 0.159. The summed E-state index contributed by atoms with van der Waals surface area (Å²) in [6.45, 7) is 1.85. The summed E-state index contributed by atoms with van der Waals surface area (Å²) in [6, 6.07) is 0.422. The first-order valence-corrected chi connectivity index (χ1v) is 9.26. The molecule has 0 saturated carbocycles. The summed E-state index contributed by atoms with van der Waals surface area (Å²) in [5.74, 6) is 8.93. The van der Waals surface area contributed by atoms with Gasteiger partial charge in [-0.2, -0.15) is 11.8 Å².